The van der Waals surface area contributed by atoms with Gasteiger partial charge >= 0.3 is 0 Å². The minimum Gasteiger partial charge on any atom is -0.395 e. The van der Waals surface area contributed by atoms with E-state index >= 15 is 0 Å². The minimum atomic E-state index is -0.403. The van der Waals surface area contributed by atoms with Gasteiger partial charge in [0.1, 0.15) is 0 Å². The Morgan fingerprint density at radius 2 is 2.17 bits per heavy atom. The molecule has 0 spiro atoms. The van der Waals surface area contributed by atoms with E-state index in [-0.39, 0.29) is 5.69 Å². The van der Waals surface area contributed by atoms with Crippen LogP contribution < -0.4 is 11.1 Å². The standard InChI is InChI=1S/C8H10BrFN2/c1-4-3-5(12-2)8(11)7(10)6(4)9/h3,12H,11H2,1-2H3. The summed E-state index contributed by atoms with van der Waals surface area (Å²) >= 11 is 3.11. The van der Waals surface area contributed by atoms with Crippen LogP contribution in [0.3, 0.4) is 0 Å². The van der Waals surface area contributed by atoms with E-state index in [2.05, 4.69) is 21.2 Å². The summed E-state index contributed by atoms with van der Waals surface area (Å²) in [5, 5.41) is 2.82. The van der Waals surface area contributed by atoms with Crippen LogP contribution in [0.5, 0.6) is 0 Å². The van der Waals surface area contributed by atoms with Crippen molar-refractivity contribution in [2.75, 3.05) is 18.1 Å². The fraction of sp³-hybridized carbons (Fsp3) is 0.250. The van der Waals surface area contributed by atoms with Gasteiger partial charge in [-0.15, -0.1) is 0 Å². The number of nitrogen functional groups attached to an aromatic ring is 1. The largest absolute Gasteiger partial charge is 0.395 e. The van der Waals surface area contributed by atoms with Gasteiger partial charge < -0.3 is 11.1 Å². The van der Waals surface area contributed by atoms with Crippen molar-refractivity contribution in [1.82, 2.24) is 0 Å². The van der Waals surface area contributed by atoms with Gasteiger partial charge in [0.05, 0.1) is 15.8 Å². The molecule has 0 bridgehead atoms. The first-order chi connectivity index (χ1) is 5.57. The van der Waals surface area contributed by atoms with Gasteiger partial charge in [-0.05, 0) is 34.5 Å². The van der Waals surface area contributed by atoms with Crippen LogP contribution in [0.15, 0.2) is 10.5 Å². The number of benzene rings is 1. The maximum atomic E-state index is 13.2. The number of hydrogen-bond donors (Lipinski definition) is 2. The molecule has 1 aromatic carbocycles. The molecule has 0 saturated carbocycles. The lowest BCUT2D eigenvalue weighted by Crippen LogP contribution is -2.00. The number of nitrogens with two attached hydrogens (primary N) is 1. The third kappa shape index (κ3) is 1.39. The number of anilines is 2. The maximum absolute atomic E-state index is 13.2. The van der Waals surface area contributed by atoms with Crippen LogP contribution in [0, 0.1) is 12.7 Å². The van der Waals surface area contributed by atoms with E-state index in [0.29, 0.717) is 10.2 Å². The molecule has 12 heavy (non-hydrogen) atoms. The zero-order valence-corrected chi connectivity index (χ0v) is 8.50. The Hall–Kier alpha value is -0.770. The number of halogens is 2. The average Bonchev–Trinajstić information content (AvgIpc) is 2.08. The van der Waals surface area contributed by atoms with Crippen LogP contribution in [0.4, 0.5) is 15.8 Å². The van der Waals surface area contributed by atoms with E-state index in [0.717, 1.165) is 5.56 Å². The average molecular weight is 233 g/mol. The van der Waals surface area contributed by atoms with Gasteiger partial charge in [-0.3, -0.25) is 0 Å². The van der Waals surface area contributed by atoms with Crippen LogP contribution in [0.25, 0.3) is 0 Å². The molecule has 0 aromatic heterocycles. The second kappa shape index (κ2) is 3.31. The monoisotopic (exact) mass is 232 g/mol. The van der Waals surface area contributed by atoms with Gasteiger partial charge in [0.25, 0.3) is 0 Å². The highest BCUT2D eigenvalue weighted by atomic mass is 79.9. The summed E-state index contributed by atoms with van der Waals surface area (Å²) in [6.07, 6.45) is 0. The third-order valence-corrected chi connectivity index (χ3v) is 2.67. The first kappa shape index (κ1) is 9.32. The maximum Gasteiger partial charge on any atom is 0.162 e. The SMILES string of the molecule is CNc1cc(C)c(Br)c(F)c1N. The molecule has 66 valence electrons. The third-order valence-electron chi connectivity index (χ3n) is 1.70. The number of aryl methyl sites for hydroxylation is 1. The Kier molecular flexibility index (Phi) is 2.57. The van der Waals surface area contributed by atoms with Crippen LogP contribution in [0.2, 0.25) is 0 Å². The highest BCUT2D eigenvalue weighted by molar-refractivity contribution is 9.10. The van der Waals surface area contributed by atoms with E-state index in [9.17, 15) is 4.39 Å². The summed E-state index contributed by atoms with van der Waals surface area (Å²) in [6.45, 7) is 1.81. The van der Waals surface area contributed by atoms with Crippen LogP contribution in [0.1, 0.15) is 5.56 Å². The molecular weight excluding hydrogens is 223 g/mol. The molecule has 4 heteroatoms. The lowest BCUT2D eigenvalue weighted by atomic mass is 10.2. The molecule has 0 aliphatic rings. The van der Waals surface area contributed by atoms with Crippen molar-refractivity contribution in [1.29, 1.82) is 0 Å². The smallest absolute Gasteiger partial charge is 0.162 e. The first-order valence-corrected chi connectivity index (χ1v) is 4.29. The summed E-state index contributed by atoms with van der Waals surface area (Å²) in [5.74, 6) is -0.403. The molecule has 0 saturated heterocycles. The molecule has 0 atom stereocenters. The van der Waals surface area contributed by atoms with Gasteiger partial charge in [0.2, 0.25) is 0 Å². The molecule has 0 amide bonds. The van der Waals surface area contributed by atoms with Gasteiger partial charge in [0.15, 0.2) is 5.82 Å². The van der Waals surface area contributed by atoms with Crippen LogP contribution in [-0.4, -0.2) is 7.05 Å². The van der Waals surface area contributed by atoms with Crippen LogP contribution >= 0.6 is 15.9 Å². The molecule has 0 unspecified atom stereocenters. The van der Waals surface area contributed by atoms with Crippen molar-refractivity contribution >= 4 is 27.3 Å². The highest BCUT2D eigenvalue weighted by Crippen LogP contribution is 2.30. The Morgan fingerprint density at radius 1 is 1.58 bits per heavy atom. The van der Waals surface area contributed by atoms with Gasteiger partial charge in [0, 0.05) is 7.05 Å². The van der Waals surface area contributed by atoms with E-state index in [1.165, 1.54) is 0 Å². The van der Waals surface area contributed by atoms with Gasteiger partial charge in [-0.2, -0.15) is 0 Å². The molecule has 2 nitrogen and oxygen atoms in total. The predicted molar refractivity (Wildman–Crippen MR) is 52.8 cm³/mol. The van der Waals surface area contributed by atoms with E-state index in [1.54, 1.807) is 13.1 Å². The van der Waals surface area contributed by atoms with Crippen molar-refractivity contribution in [3.8, 4) is 0 Å². The Morgan fingerprint density at radius 3 is 2.67 bits per heavy atom. The van der Waals surface area contributed by atoms with Crippen molar-refractivity contribution < 1.29 is 4.39 Å². The lowest BCUT2D eigenvalue weighted by Gasteiger charge is -2.09. The topological polar surface area (TPSA) is 38.0 Å². The molecule has 3 N–H and O–H groups in total. The highest BCUT2D eigenvalue weighted by Gasteiger charge is 2.10. The molecule has 0 fully saturated rings. The molecule has 0 radical (unpaired) electrons. The zero-order valence-electron chi connectivity index (χ0n) is 6.91. The quantitative estimate of drug-likeness (QED) is 0.731. The molecule has 1 aromatic rings. The molecular formula is C8H10BrFN2. The van der Waals surface area contributed by atoms with E-state index in [4.69, 9.17) is 5.73 Å². The Bertz CT molecular complexity index is 312. The summed E-state index contributed by atoms with van der Waals surface area (Å²) < 4.78 is 13.7. The minimum absolute atomic E-state index is 0.148. The Labute approximate surface area is 79.1 Å². The number of nitrogens with one attached hydrogen (secondary N) is 1. The predicted octanol–water partition coefficient (Wildman–Crippen LogP) is 2.52. The molecule has 1 rings (SSSR count). The number of hydrogen-bond acceptors (Lipinski definition) is 2. The van der Waals surface area contributed by atoms with Gasteiger partial charge in [-0.25, -0.2) is 4.39 Å². The second-order valence-corrected chi connectivity index (χ2v) is 3.33. The zero-order chi connectivity index (χ0) is 9.30. The lowest BCUT2D eigenvalue weighted by molar-refractivity contribution is 0.625. The fourth-order valence-electron chi connectivity index (χ4n) is 0.974. The fourth-order valence-corrected chi connectivity index (χ4v) is 1.30. The van der Waals surface area contributed by atoms with Crippen molar-refractivity contribution in [2.24, 2.45) is 0 Å². The van der Waals surface area contributed by atoms with Crippen molar-refractivity contribution in [3.63, 3.8) is 0 Å². The summed E-state index contributed by atoms with van der Waals surface area (Å²) in [5.41, 5.74) is 7.09. The molecule has 0 aliphatic carbocycles. The normalized spacial score (nSPS) is 10.0. The van der Waals surface area contributed by atoms with E-state index in [1.807, 2.05) is 6.92 Å². The first-order valence-electron chi connectivity index (χ1n) is 3.49. The summed E-state index contributed by atoms with van der Waals surface area (Å²) in [6, 6.07) is 1.79. The van der Waals surface area contributed by atoms with Gasteiger partial charge in [-0.1, -0.05) is 0 Å². The molecule has 0 heterocycles. The van der Waals surface area contributed by atoms with Crippen LogP contribution in [-0.2, 0) is 0 Å². The number of rotatable bonds is 1. The summed E-state index contributed by atoms with van der Waals surface area (Å²) in [4.78, 5) is 0. The van der Waals surface area contributed by atoms with Crippen molar-refractivity contribution in [2.45, 2.75) is 6.92 Å². The van der Waals surface area contributed by atoms with Crippen molar-refractivity contribution in [3.05, 3.63) is 21.9 Å². The van der Waals surface area contributed by atoms with E-state index < -0.39 is 5.82 Å². The molecule has 0 aliphatic heterocycles. The summed E-state index contributed by atoms with van der Waals surface area (Å²) in [7, 11) is 1.71. The second-order valence-electron chi connectivity index (χ2n) is 2.53. The Balaban J connectivity index is 3.39.